The zero-order valence-corrected chi connectivity index (χ0v) is 17.0. The molecule has 0 aromatic heterocycles. The highest BCUT2D eigenvalue weighted by molar-refractivity contribution is 5.91. The van der Waals surface area contributed by atoms with E-state index in [1.165, 1.54) is 12.1 Å². The molecule has 0 radical (unpaired) electrons. The molecule has 0 atom stereocenters. The van der Waals surface area contributed by atoms with Gasteiger partial charge in [0.05, 0.1) is 0 Å². The third-order valence-electron chi connectivity index (χ3n) is 4.31. The summed E-state index contributed by atoms with van der Waals surface area (Å²) >= 11 is 0. The Labute approximate surface area is 170 Å². The molecule has 6 nitrogen and oxygen atoms in total. The van der Waals surface area contributed by atoms with Crippen molar-refractivity contribution in [1.29, 1.82) is 0 Å². The quantitative estimate of drug-likeness (QED) is 0.594. The molecule has 29 heavy (non-hydrogen) atoms. The van der Waals surface area contributed by atoms with Gasteiger partial charge in [0.25, 0.3) is 0 Å². The van der Waals surface area contributed by atoms with E-state index in [0.717, 1.165) is 11.1 Å². The Kier molecular flexibility index (Phi) is 8.45. The highest BCUT2D eigenvalue weighted by Crippen LogP contribution is 2.23. The van der Waals surface area contributed by atoms with Gasteiger partial charge in [-0.15, -0.1) is 0 Å². The van der Waals surface area contributed by atoms with Crippen molar-refractivity contribution in [2.45, 2.75) is 33.1 Å². The first-order valence-electron chi connectivity index (χ1n) is 9.52. The minimum Gasteiger partial charge on any atom is -0.490 e. The van der Waals surface area contributed by atoms with E-state index in [1.807, 2.05) is 19.9 Å². The van der Waals surface area contributed by atoms with Crippen molar-refractivity contribution in [3.05, 3.63) is 53.3 Å². The number of aryl methyl sites for hydroxylation is 2. The molecule has 156 valence electrons. The molecule has 0 spiro atoms. The lowest BCUT2D eigenvalue weighted by molar-refractivity contribution is -0.120. The number of halogens is 1. The third-order valence-corrected chi connectivity index (χ3v) is 4.31. The van der Waals surface area contributed by atoms with Crippen LogP contribution in [0.2, 0.25) is 0 Å². The molecule has 2 aromatic carbocycles. The second kappa shape index (κ2) is 11.0. The van der Waals surface area contributed by atoms with Crippen LogP contribution < -0.4 is 20.1 Å². The highest BCUT2D eigenvalue weighted by Gasteiger charge is 2.08. The van der Waals surface area contributed by atoms with E-state index in [2.05, 4.69) is 10.6 Å². The van der Waals surface area contributed by atoms with Gasteiger partial charge in [0, 0.05) is 37.7 Å². The summed E-state index contributed by atoms with van der Waals surface area (Å²) in [5.41, 5.74) is 2.39. The van der Waals surface area contributed by atoms with E-state index in [-0.39, 0.29) is 37.3 Å². The zero-order chi connectivity index (χ0) is 21.2. The van der Waals surface area contributed by atoms with Crippen molar-refractivity contribution in [3.63, 3.8) is 0 Å². The number of ether oxygens (including phenoxy) is 2. The Morgan fingerprint density at radius 3 is 2.14 bits per heavy atom. The molecule has 2 N–H and O–H groups in total. The summed E-state index contributed by atoms with van der Waals surface area (Å²) in [5.74, 6) is 0.532. The fraction of sp³-hybridized carbons (Fsp3) is 0.364. The summed E-state index contributed by atoms with van der Waals surface area (Å²) in [5, 5.41) is 5.33. The number of hydrogen-bond donors (Lipinski definition) is 2. The summed E-state index contributed by atoms with van der Waals surface area (Å²) in [6.07, 6.45) is 1.06. The predicted molar refractivity (Wildman–Crippen MR) is 110 cm³/mol. The number of carbonyl (C=O) groups excluding carboxylic acids is 2. The van der Waals surface area contributed by atoms with Crippen LogP contribution in [0.5, 0.6) is 11.5 Å². The van der Waals surface area contributed by atoms with Gasteiger partial charge in [0.2, 0.25) is 11.8 Å². The van der Waals surface area contributed by atoms with Crippen LogP contribution in [0.1, 0.15) is 30.4 Å². The first-order chi connectivity index (χ1) is 13.9. The standard InChI is InChI=1S/C22H27FN2O4/c1-15-7-9-17(23)13-19(15)28-11-12-29-20-14-18(10-8-16(20)2)25-22(27)6-4-5-21(26)24-3/h7-10,13-14H,4-6,11-12H2,1-3H3,(H,24,26)(H,25,27). The van der Waals surface area contributed by atoms with Crippen LogP contribution in [0.4, 0.5) is 10.1 Å². The van der Waals surface area contributed by atoms with Crippen LogP contribution in [0.3, 0.4) is 0 Å². The number of carbonyl (C=O) groups is 2. The van der Waals surface area contributed by atoms with Gasteiger partial charge in [0.1, 0.15) is 30.5 Å². The van der Waals surface area contributed by atoms with Gasteiger partial charge in [-0.3, -0.25) is 9.59 Å². The molecule has 2 rings (SSSR count). The topological polar surface area (TPSA) is 76.7 Å². The minimum absolute atomic E-state index is 0.0838. The molecule has 2 amide bonds. The maximum absolute atomic E-state index is 13.3. The van der Waals surface area contributed by atoms with E-state index in [4.69, 9.17) is 9.47 Å². The molecule has 0 saturated heterocycles. The maximum atomic E-state index is 13.3. The van der Waals surface area contributed by atoms with Crippen LogP contribution in [-0.4, -0.2) is 32.1 Å². The summed E-state index contributed by atoms with van der Waals surface area (Å²) in [7, 11) is 1.57. The molecular formula is C22H27FN2O4. The Balaban J connectivity index is 1.82. The predicted octanol–water partition coefficient (Wildman–Crippen LogP) is 3.76. The highest BCUT2D eigenvalue weighted by atomic mass is 19.1. The molecule has 0 bridgehead atoms. The SMILES string of the molecule is CNC(=O)CCCC(=O)Nc1ccc(C)c(OCCOc2cc(F)ccc2C)c1. The van der Waals surface area contributed by atoms with Crippen molar-refractivity contribution < 1.29 is 23.5 Å². The lowest BCUT2D eigenvalue weighted by atomic mass is 10.2. The van der Waals surface area contributed by atoms with Crippen LogP contribution in [-0.2, 0) is 9.59 Å². The molecule has 0 unspecified atom stereocenters. The first kappa shape index (κ1) is 22.2. The minimum atomic E-state index is -0.346. The number of anilines is 1. The van der Waals surface area contributed by atoms with Gasteiger partial charge in [-0.05, 0) is 43.5 Å². The van der Waals surface area contributed by atoms with Gasteiger partial charge < -0.3 is 20.1 Å². The van der Waals surface area contributed by atoms with Crippen LogP contribution >= 0.6 is 0 Å². The lowest BCUT2D eigenvalue weighted by Crippen LogP contribution is -2.18. The molecule has 0 heterocycles. The number of rotatable bonds is 10. The van der Waals surface area contributed by atoms with E-state index in [9.17, 15) is 14.0 Å². The summed E-state index contributed by atoms with van der Waals surface area (Å²) in [6, 6.07) is 9.80. The van der Waals surface area contributed by atoms with E-state index in [1.54, 1.807) is 25.2 Å². The second-order valence-corrected chi connectivity index (χ2v) is 6.66. The summed E-state index contributed by atoms with van der Waals surface area (Å²) in [6.45, 7) is 4.29. The van der Waals surface area contributed by atoms with Gasteiger partial charge in [-0.1, -0.05) is 12.1 Å². The van der Waals surface area contributed by atoms with Gasteiger partial charge >= 0.3 is 0 Å². The largest absolute Gasteiger partial charge is 0.490 e. The van der Waals surface area contributed by atoms with Crippen molar-refractivity contribution in [2.75, 3.05) is 25.6 Å². The number of hydrogen-bond acceptors (Lipinski definition) is 4. The average Bonchev–Trinajstić information content (AvgIpc) is 2.69. The number of nitrogens with one attached hydrogen (secondary N) is 2. The van der Waals surface area contributed by atoms with Crippen LogP contribution in [0.15, 0.2) is 36.4 Å². The molecule has 0 aliphatic rings. The summed E-state index contributed by atoms with van der Waals surface area (Å²) in [4.78, 5) is 23.2. The van der Waals surface area contributed by atoms with Crippen LogP contribution in [0, 0.1) is 19.7 Å². The van der Waals surface area contributed by atoms with E-state index in [0.29, 0.717) is 30.0 Å². The van der Waals surface area contributed by atoms with Gasteiger partial charge in [0.15, 0.2) is 0 Å². The average molecular weight is 402 g/mol. The molecule has 0 aliphatic carbocycles. The first-order valence-corrected chi connectivity index (χ1v) is 9.52. The normalized spacial score (nSPS) is 10.3. The Morgan fingerprint density at radius 1 is 0.897 bits per heavy atom. The van der Waals surface area contributed by atoms with Crippen LogP contribution in [0.25, 0.3) is 0 Å². The maximum Gasteiger partial charge on any atom is 0.224 e. The number of benzene rings is 2. The molecule has 0 saturated carbocycles. The fourth-order valence-corrected chi connectivity index (χ4v) is 2.62. The second-order valence-electron chi connectivity index (χ2n) is 6.66. The molecule has 2 aromatic rings. The van der Waals surface area contributed by atoms with E-state index >= 15 is 0 Å². The van der Waals surface area contributed by atoms with E-state index < -0.39 is 0 Å². The van der Waals surface area contributed by atoms with Crippen molar-refractivity contribution in [3.8, 4) is 11.5 Å². The van der Waals surface area contributed by atoms with Crippen molar-refractivity contribution in [1.82, 2.24) is 5.32 Å². The zero-order valence-electron chi connectivity index (χ0n) is 17.0. The molecule has 0 aliphatic heterocycles. The Bertz CT molecular complexity index is 855. The monoisotopic (exact) mass is 402 g/mol. The van der Waals surface area contributed by atoms with Crippen molar-refractivity contribution in [2.24, 2.45) is 0 Å². The fourth-order valence-electron chi connectivity index (χ4n) is 2.62. The molecule has 0 fully saturated rings. The molecule has 7 heteroatoms. The summed E-state index contributed by atoms with van der Waals surface area (Å²) < 4.78 is 24.6. The Hall–Kier alpha value is -3.09. The third kappa shape index (κ3) is 7.44. The number of amides is 2. The smallest absolute Gasteiger partial charge is 0.224 e. The lowest BCUT2D eigenvalue weighted by Gasteiger charge is -2.13. The van der Waals surface area contributed by atoms with Gasteiger partial charge in [-0.2, -0.15) is 0 Å². The Morgan fingerprint density at radius 2 is 1.48 bits per heavy atom. The molecular weight excluding hydrogens is 375 g/mol. The van der Waals surface area contributed by atoms with Gasteiger partial charge in [-0.25, -0.2) is 4.39 Å². The van der Waals surface area contributed by atoms with Crippen molar-refractivity contribution >= 4 is 17.5 Å².